The highest BCUT2D eigenvalue weighted by Crippen LogP contribution is 2.13. The fourth-order valence-corrected chi connectivity index (χ4v) is 1.50. The highest BCUT2D eigenvalue weighted by Gasteiger charge is 2.10. The van der Waals surface area contributed by atoms with Gasteiger partial charge in [0.05, 0.1) is 32.0 Å². The summed E-state index contributed by atoms with van der Waals surface area (Å²) in [6.07, 6.45) is 4.96. The Hall–Kier alpha value is -2.28. The highest BCUT2D eigenvalue weighted by molar-refractivity contribution is 5.87. The fraction of sp³-hybridized carbons (Fsp3) is 0.333. The number of carbonyl (C=O) groups is 1. The third-order valence-corrected chi connectivity index (χ3v) is 2.47. The molecule has 0 fully saturated rings. The van der Waals surface area contributed by atoms with Crippen LogP contribution in [0.2, 0.25) is 0 Å². The van der Waals surface area contributed by atoms with E-state index >= 15 is 0 Å². The first-order valence-electron chi connectivity index (χ1n) is 5.67. The minimum absolute atomic E-state index is 0.220. The number of methoxy groups -OCH3 is 2. The second-order valence-electron chi connectivity index (χ2n) is 3.74. The van der Waals surface area contributed by atoms with E-state index in [1.165, 1.54) is 19.4 Å². The highest BCUT2D eigenvalue weighted by atomic mass is 16.5. The van der Waals surface area contributed by atoms with Crippen LogP contribution in [-0.4, -0.2) is 46.5 Å². The summed E-state index contributed by atoms with van der Waals surface area (Å²) in [5.41, 5.74) is 0.957. The molecule has 0 unspecified atom stereocenters. The van der Waals surface area contributed by atoms with Crippen LogP contribution < -0.4 is 0 Å². The molecule has 0 atom stereocenters. The molecule has 2 aromatic heterocycles. The number of carbonyl (C=O) groups excluding carboxylic acids is 1. The lowest BCUT2D eigenvalue weighted by Gasteiger charge is -2.00. The van der Waals surface area contributed by atoms with Gasteiger partial charge in [-0.05, 0) is 6.07 Å². The van der Waals surface area contributed by atoms with Gasteiger partial charge < -0.3 is 9.47 Å². The first kappa shape index (κ1) is 13.2. The van der Waals surface area contributed by atoms with Crippen LogP contribution in [0.4, 0.5) is 0 Å². The van der Waals surface area contributed by atoms with Crippen molar-refractivity contribution in [2.75, 3.05) is 20.8 Å². The van der Waals surface area contributed by atoms with Gasteiger partial charge in [-0.2, -0.15) is 5.10 Å². The lowest BCUT2D eigenvalue weighted by Crippen LogP contribution is -2.05. The van der Waals surface area contributed by atoms with Crippen LogP contribution in [0.1, 0.15) is 10.5 Å². The standard InChI is InChI=1S/C12H14N4O3/c1-18-6-5-16-8-9(7-14-16)11-13-4-3-10(15-11)12(17)19-2/h3-4,7-8H,5-6H2,1-2H3. The SMILES string of the molecule is COCCn1cc(-c2nccc(C(=O)OC)n2)cn1. The summed E-state index contributed by atoms with van der Waals surface area (Å²) in [6.45, 7) is 1.22. The number of hydrogen-bond donors (Lipinski definition) is 0. The molecule has 0 amide bonds. The van der Waals surface area contributed by atoms with E-state index in [1.54, 1.807) is 24.2 Å². The van der Waals surface area contributed by atoms with Gasteiger partial charge in [0.1, 0.15) is 0 Å². The Bertz CT molecular complexity index is 568. The van der Waals surface area contributed by atoms with E-state index in [9.17, 15) is 4.79 Å². The van der Waals surface area contributed by atoms with Gasteiger partial charge >= 0.3 is 5.97 Å². The first-order chi connectivity index (χ1) is 9.24. The van der Waals surface area contributed by atoms with E-state index in [0.717, 1.165) is 5.56 Å². The maximum atomic E-state index is 11.4. The Morgan fingerprint density at radius 3 is 3.00 bits per heavy atom. The van der Waals surface area contributed by atoms with Crippen molar-refractivity contribution in [1.29, 1.82) is 0 Å². The molecule has 2 heterocycles. The molecule has 0 spiro atoms. The van der Waals surface area contributed by atoms with Crippen molar-refractivity contribution >= 4 is 5.97 Å². The van der Waals surface area contributed by atoms with Crippen molar-refractivity contribution in [3.63, 3.8) is 0 Å². The van der Waals surface area contributed by atoms with Crippen LogP contribution in [0.5, 0.6) is 0 Å². The normalized spacial score (nSPS) is 10.4. The van der Waals surface area contributed by atoms with Gasteiger partial charge in [-0.15, -0.1) is 0 Å². The molecule has 7 nitrogen and oxygen atoms in total. The van der Waals surface area contributed by atoms with E-state index in [0.29, 0.717) is 19.0 Å². The Labute approximate surface area is 110 Å². The minimum atomic E-state index is -0.490. The van der Waals surface area contributed by atoms with Gasteiger partial charge in [0.2, 0.25) is 0 Å². The van der Waals surface area contributed by atoms with Gasteiger partial charge in [0, 0.05) is 19.5 Å². The molecule has 2 aromatic rings. The summed E-state index contributed by atoms with van der Waals surface area (Å²) >= 11 is 0. The van der Waals surface area contributed by atoms with Gasteiger partial charge in [0.15, 0.2) is 11.5 Å². The van der Waals surface area contributed by atoms with E-state index < -0.39 is 5.97 Å². The smallest absolute Gasteiger partial charge is 0.356 e. The number of aromatic nitrogens is 4. The van der Waals surface area contributed by atoms with Crippen molar-refractivity contribution < 1.29 is 14.3 Å². The molecule has 100 valence electrons. The summed E-state index contributed by atoms with van der Waals surface area (Å²) in [5.74, 6) is -0.0537. The van der Waals surface area contributed by atoms with Crippen molar-refractivity contribution in [3.05, 3.63) is 30.4 Å². The number of hydrogen-bond acceptors (Lipinski definition) is 6. The van der Waals surface area contributed by atoms with Crippen LogP contribution in [0.25, 0.3) is 11.4 Å². The zero-order valence-corrected chi connectivity index (χ0v) is 10.7. The molecule has 0 aromatic carbocycles. The molecule has 0 radical (unpaired) electrons. The summed E-state index contributed by atoms with van der Waals surface area (Å²) in [5, 5.41) is 4.17. The van der Waals surface area contributed by atoms with Gasteiger partial charge in [-0.3, -0.25) is 4.68 Å². The van der Waals surface area contributed by atoms with Gasteiger partial charge in [-0.25, -0.2) is 14.8 Å². The predicted octanol–water partition coefficient (Wildman–Crippen LogP) is 0.773. The third-order valence-electron chi connectivity index (χ3n) is 2.47. The quantitative estimate of drug-likeness (QED) is 0.741. The number of esters is 1. The largest absolute Gasteiger partial charge is 0.464 e. The number of nitrogens with zero attached hydrogens (tertiary/aromatic N) is 4. The molecule has 0 aliphatic heterocycles. The predicted molar refractivity (Wildman–Crippen MR) is 66.5 cm³/mol. The molecule has 0 bridgehead atoms. The molecule has 2 rings (SSSR count). The fourth-order valence-electron chi connectivity index (χ4n) is 1.50. The Kier molecular flexibility index (Phi) is 4.19. The van der Waals surface area contributed by atoms with Crippen molar-refractivity contribution in [2.45, 2.75) is 6.54 Å². The molecule has 0 saturated carbocycles. The average molecular weight is 262 g/mol. The van der Waals surface area contributed by atoms with E-state index in [-0.39, 0.29) is 5.69 Å². The van der Waals surface area contributed by atoms with E-state index in [2.05, 4.69) is 19.8 Å². The maximum Gasteiger partial charge on any atom is 0.356 e. The van der Waals surface area contributed by atoms with Crippen LogP contribution >= 0.6 is 0 Å². The molecule has 7 heteroatoms. The van der Waals surface area contributed by atoms with Gasteiger partial charge in [-0.1, -0.05) is 0 Å². The molecule has 19 heavy (non-hydrogen) atoms. The lowest BCUT2D eigenvalue weighted by molar-refractivity contribution is 0.0594. The number of rotatable bonds is 5. The van der Waals surface area contributed by atoms with Crippen LogP contribution in [0, 0.1) is 0 Å². The Morgan fingerprint density at radius 1 is 1.42 bits per heavy atom. The second-order valence-corrected chi connectivity index (χ2v) is 3.74. The van der Waals surface area contributed by atoms with Crippen LogP contribution in [0.15, 0.2) is 24.7 Å². The molecule has 0 aliphatic carbocycles. The van der Waals surface area contributed by atoms with Crippen molar-refractivity contribution in [1.82, 2.24) is 19.7 Å². The van der Waals surface area contributed by atoms with Crippen molar-refractivity contribution in [2.24, 2.45) is 0 Å². The summed E-state index contributed by atoms with van der Waals surface area (Å²) in [7, 11) is 2.94. The maximum absolute atomic E-state index is 11.4. The second kappa shape index (κ2) is 6.05. The van der Waals surface area contributed by atoms with Crippen LogP contribution in [0.3, 0.4) is 0 Å². The van der Waals surface area contributed by atoms with Crippen molar-refractivity contribution in [3.8, 4) is 11.4 Å². The van der Waals surface area contributed by atoms with E-state index in [4.69, 9.17) is 4.74 Å². The molecular formula is C12H14N4O3. The zero-order valence-electron chi connectivity index (χ0n) is 10.7. The topological polar surface area (TPSA) is 79.1 Å². The molecule has 0 N–H and O–H groups in total. The summed E-state index contributed by atoms with van der Waals surface area (Å²) < 4.78 is 11.3. The zero-order chi connectivity index (χ0) is 13.7. The average Bonchev–Trinajstić information content (AvgIpc) is 2.93. The summed E-state index contributed by atoms with van der Waals surface area (Å²) in [6, 6.07) is 1.50. The molecular weight excluding hydrogens is 248 g/mol. The number of ether oxygens (including phenoxy) is 2. The van der Waals surface area contributed by atoms with Gasteiger partial charge in [0.25, 0.3) is 0 Å². The van der Waals surface area contributed by atoms with Crippen LogP contribution in [-0.2, 0) is 16.0 Å². The Balaban J connectivity index is 2.21. The minimum Gasteiger partial charge on any atom is -0.464 e. The summed E-state index contributed by atoms with van der Waals surface area (Å²) in [4.78, 5) is 19.6. The monoisotopic (exact) mass is 262 g/mol. The Morgan fingerprint density at radius 2 is 2.26 bits per heavy atom. The lowest BCUT2D eigenvalue weighted by atomic mass is 10.3. The first-order valence-corrected chi connectivity index (χ1v) is 5.67. The molecule has 0 saturated heterocycles. The third kappa shape index (κ3) is 3.14. The molecule has 0 aliphatic rings. The van der Waals surface area contributed by atoms with E-state index in [1.807, 2.05) is 0 Å².